The molecule has 0 aliphatic rings. The average Bonchev–Trinajstić information content (AvgIpc) is 3.06. The van der Waals surface area contributed by atoms with Crippen LogP contribution >= 0.6 is 0 Å². The largest absolute Gasteiger partial charge is 0.494 e. The molecule has 0 saturated heterocycles. The zero-order valence-electron chi connectivity index (χ0n) is 12.1. The highest BCUT2D eigenvalue weighted by Crippen LogP contribution is 2.23. The third-order valence-corrected chi connectivity index (χ3v) is 3.48. The zero-order valence-corrected chi connectivity index (χ0v) is 12.1. The second kappa shape index (κ2) is 5.93. The number of aromatic nitrogens is 3. The van der Waals surface area contributed by atoms with Crippen LogP contribution in [0.5, 0.6) is 5.75 Å². The van der Waals surface area contributed by atoms with Gasteiger partial charge < -0.3 is 15.0 Å². The number of rotatable bonds is 5. The first kappa shape index (κ1) is 13.6. The van der Waals surface area contributed by atoms with Crippen LogP contribution in [-0.2, 0) is 6.54 Å². The first-order valence-electron chi connectivity index (χ1n) is 6.93. The molecule has 0 bridgehead atoms. The van der Waals surface area contributed by atoms with Gasteiger partial charge in [-0.2, -0.15) is 0 Å². The van der Waals surface area contributed by atoms with Crippen LogP contribution in [0.25, 0.3) is 10.9 Å². The van der Waals surface area contributed by atoms with Crippen molar-refractivity contribution in [1.82, 2.24) is 20.3 Å². The Morgan fingerprint density at radius 2 is 2.19 bits per heavy atom. The van der Waals surface area contributed by atoms with E-state index in [9.17, 15) is 0 Å². The third kappa shape index (κ3) is 2.87. The van der Waals surface area contributed by atoms with Gasteiger partial charge in [0.1, 0.15) is 17.1 Å². The summed E-state index contributed by atoms with van der Waals surface area (Å²) in [6, 6.07) is 10.2. The predicted octanol–water partition coefficient (Wildman–Crippen LogP) is 2.82. The number of ether oxygens (including phenoxy) is 1. The van der Waals surface area contributed by atoms with Gasteiger partial charge in [-0.25, -0.2) is 9.97 Å². The molecule has 108 valence electrons. The fourth-order valence-corrected chi connectivity index (χ4v) is 2.29. The number of para-hydroxylation sites is 1. The van der Waals surface area contributed by atoms with E-state index in [1.807, 2.05) is 30.5 Å². The number of hydrogen-bond donors (Lipinski definition) is 2. The number of nitrogens with one attached hydrogen (secondary N) is 2. The summed E-state index contributed by atoms with van der Waals surface area (Å²) in [5, 5.41) is 4.49. The molecule has 5 heteroatoms. The van der Waals surface area contributed by atoms with Crippen LogP contribution in [0.3, 0.4) is 0 Å². The maximum atomic E-state index is 5.37. The molecule has 0 fully saturated rings. The monoisotopic (exact) mass is 282 g/mol. The van der Waals surface area contributed by atoms with E-state index in [-0.39, 0.29) is 6.04 Å². The molecule has 0 radical (unpaired) electrons. The molecule has 3 rings (SSSR count). The van der Waals surface area contributed by atoms with Crippen molar-refractivity contribution in [3.8, 4) is 5.75 Å². The van der Waals surface area contributed by atoms with Crippen molar-refractivity contribution in [2.24, 2.45) is 0 Å². The number of methoxy groups -OCH3 is 1. The standard InChI is InChI=1S/C16H18N4O/c1-11(16-17-8-9-18-16)19-10-13-7-6-12-4-3-5-14(21-2)15(12)20-13/h3-9,11,19H,10H2,1-2H3,(H,17,18). The van der Waals surface area contributed by atoms with Crippen LogP contribution in [0.15, 0.2) is 42.7 Å². The lowest BCUT2D eigenvalue weighted by molar-refractivity contribution is 0.418. The molecule has 1 atom stereocenters. The fraction of sp³-hybridized carbons (Fsp3) is 0.250. The molecule has 0 spiro atoms. The first-order chi connectivity index (χ1) is 10.3. The number of H-pyrrole nitrogens is 1. The van der Waals surface area contributed by atoms with E-state index in [1.165, 1.54) is 0 Å². The summed E-state index contributed by atoms with van der Waals surface area (Å²) < 4.78 is 5.37. The van der Waals surface area contributed by atoms with E-state index in [1.54, 1.807) is 13.3 Å². The van der Waals surface area contributed by atoms with E-state index in [0.29, 0.717) is 6.54 Å². The summed E-state index contributed by atoms with van der Waals surface area (Å²) >= 11 is 0. The van der Waals surface area contributed by atoms with Crippen LogP contribution in [-0.4, -0.2) is 22.1 Å². The van der Waals surface area contributed by atoms with Crippen LogP contribution in [0.4, 0.5) is 0 Å². The number of benzene rings is 1. The summed E-state index contributed by atoms with van der Waals surface area (Å²) in [5.41, 5.74) is 1.87. The Labute approximate surface area is 123 Å². The van der Waals surface area contributed by atoms with Crippen LogP contribution in [0.2, 0.25) is 0 Å². The fourth-order valence-electron chi connectivity index (χ4n) is 2.29. The van der Waals surface area contributed by atoms with Crippen molar-refractivity contribution < 1.29 is 4.74 Å². The topological polar surface area (TPSA) is 62.8 Å². The Hall–Kier alpha value is -2.40. The number of imidazole rings is 1. The molecule has 0 aliphatic carbocycles. The lowest BCUT2D eigenvalue weighted by atomic mass is 10.2. The Morgan fingerprint density at radius 3 is 2.95 bits per heavy atom. The van der Waals surface area contributed by atoms with E-state index in [0.717, 1.165) is 28.2 Å². The van der Waals surface area contributed by atoms with E-state index in [4.69, 9.17) is 4.74 Å². The molecular weight excluding hydrogens is 264 g/mol. The van der Waals surface area contributed by atoms with Crippen molar-refractivity contribution in [1.29, 1.82) is 0 Å². The number of pyridine rings is 1. The minimum absolute atomic E-state index is 0.148. The van der Waals surface area contributed by atoms with Crippen LogP contribution in [0, 0.1) is 0 Å². The van der Waals surface area contributed by atoms with Crippen molar-refractivity contribution in [2.75, 3.05) is 7.11 Å². The second-order valence-electron chi connectivity index (χ2n) is 4.91. The Bertz CT molecular complexity index is 724. The molecule has 0 aliphatic heterocycles. The summed E-state index contributed by atoms with van der Waals surface area (Å²) in [5.74, 6) is 1.72. The van der Waals surface area contributed by atoms with Crippen LogP contribution < -0.4 is 10.1 Å². The maximum absolute atomic E-state index is 5.37. The molecule has 2 N–H and O–H groups in total. The molecule has 1 unspecified atom stereocenters. The molecule has 1 aromatic carbocycles. The lowest BCUT2D eigenvalue weighted by Gasteiger charge is -2.12. The summed E-state index contributed by atoms with van der Waals surface area (Å²) in [6.45, 7) is 2.75. The van der Waals surface area contributed by atoms with Gasteiger partial charge in [-0.15, -0.1) is 0 Å². The quantitative estimate of drug-likeness (QED) is 0.755. The highest BCUT2D eigenvalue weighted by molar-refractivity contribution is 5.84. The normalized spacial score (nSPS) is 12.5. The highest BCUT2D eigenvalue weighted by Gasteiger charge is 2.08. The van der Waals surface area contributed by atoms with Gasteiger partial charge in [0.15, 0.2) is 0 Å². The first-order valence-corrected chi connectivity index (χ1v) is 6.93. The molecule has 21 heavy (non-hydrogen) atoms. The SMILES string of the molecule is COc1cccc2ccc(CNC(C)c3ncc[nH]3)nc12. The number of aromatic amines is 1. The van der Waals surface area contributed by atoms with Crippen molar-refractivity contribution in [3.05, 3.63) is 54.2 Å². The highest BCUT2D eigenvalue weighted by atomic mass is 16.5. The van der Waals surface area contributed by atoms with E-state index < -0.39 is 0 Å². The molecule has 5 nitrogen and oxygen atoms in total. The second-order valence-corrected chi connectivity index (χ2v) is 4.91. The molecule has 2 aromatic heterocycles. The van der Waals surface area contributed by atoms with Gasteiger partial charge in [-0.3, -0.25) is 0 Å². The molecular formula is C16H18N4O. The van der Waals surface area contributed by atoms with Gasteiger partial charge >= 0.3 is 0 Å². The van der Waals surface area contributed by atoms with E-state index in [2.05, 4.69) is 33.3 Å². The van der Waals surface area contributed by atoms with E-state index >= 15 is 0 Å². The van der Waals surface area contributed by atoms with Crippen molar-refractivity contribution >= 4 is 10.9 Å². The number of nitrogens with zero attached hydrogens (tertiary/aromatic N) is 2. The average molecular weight is 282 g/mol. The number of hydrogen-bond acceptors (Lipinski definition) is 4. The Balaban J connectivity index is 1.78. The van der Waals surface area contributed by atoms with Gasteiger partial charge in [0.2, 0.25) is 0 Å². The molecule has 3 aromatic rings. The number of fused-ring (bicyclic) bond motifs is 1. The summed E-state index contributed by atoms with van der Waals surface area (Å²) in [4.78, 5) is 12.0. The zero-order chi connectivity index (χ0) is 14.7. The Morgan fingerprint density at radius 1 is 1.29 bits per heavy atom. The van der Waals surface area contributed by atoms with Crippen LogP contribution in [0.1, 0.15) is 24.5 Å². The predicted molar refractivity (Wildman–Crippen MR) is 82.1 cm³/mol. The van der Waals surface area contributed by atoms with Gasteiger partial charge in [0.05, 0.1) is 18.8 Å². The van der Waals surface area contributed by atoms with Gasteiger partial charge in [-0.05, 0) is 19.1 Å². The van der Waals surface area contributed by atoms with Gasteiger partial charge in [0, 0.05) is 24.3 Å². The minimum atomic E-state index is 0.148. The molecule has 0 saturated carbocycles. The Kier molecular flexibility index (Phi) is 3.83. The minimum Gasteiger partial charge on any atom is -0.494 e. The van der Waals surface area contributed by atoms with Gasteiger partial charge in [0.25, 0.3) is 0 Å². The summed E-state index contributed by atoms with van der Waals surface area (Å²) in [7, 11) is 1.67. The maximum Gasteiger partial charge on any atom is 0.145 e. The summed E-state index contributed by atoms with van der Waals surface area (Å²) in [6.07, 6.45) is 3.58. The molecule has 2 heterocycles. The third-order valence-electron chi connectivity index (χ3n) is 3.48. The smallest absolute Gasteiger partial charge is 0.145 e. The van der Waals surface area contributed by atoms with Crippen molar-refractivity contribution in [2.45, 2.75) is 19.5 Å². The van der Waals surface area contributed by atoms with Crippen molar-refractivity contribution in [3.63, 3.8) is 0 Å². The van der Waals surface area contributed by atoms with Gasteiger partial charge in [-0.1, -0.05) is 18.2 Å². The lowest BCUT2D eigenvalue weighted by Crippen LogP contribution is -2.19. The molecule has 0 amide bonds.